The summed E-state index contributed by atoms with van der Waals surface area (Å²) >= 11 is 0. The standard InChI is InChI=1S/C24H26FN7O2/c1-14-20(29-21-15(25)8-7-9-16(21)26-14)18-13-32-22(27-18)17(28-23(33)34-24(2,3)4)12-19(30-32)31-10-5-6-11-31/h7-9,12-13H,5-6,10-11H2,1-4H3,(H,28,33). The van der Waals surface area contributed by atoms with Gasteiger partial charge in [-0.3, -0.25) is 5.32 Å². The van der Waals surface area contributed by atoms with Gasteiger partial charge in [-0.25, -0.2) is 28.7 Å². The average molecular weight is 464 g/mol. The van der Waals surface area contributed by atoms with E-state index in [1.54, 1.807) is 56.6 Å². The molecule has 0 atom stereocenters. The molecule has 1 aromatic carbocycles. The van der Waals surface area contributed by atoms with Crippen molar-refractivity contribution in [1.82, 2.24) is 24.6 Å². The highest BCUT2D eigenvalue weighted by molar-refractivity contribution is 5.91. The van der Waals surface area contributed by atoms with Gasteiger partial charge in [0.1, 0.15) is 22.5 Å². The molecular weight excluding hydrogens is 437 g/mol. The smallest absolute Gasteiger partial charge is 0.412 e. The minimum atomic E-state index is -0.645. The Morgan fingerprint density at radius 3 is 2.65 bits per heavy atom. The molecule has 0 spiro atoms. The Bertz CT molecular complexity index is 1400. The highest BCUT2D eigenvalue weighted by Crippen LogP contribution is 2.29. The summed E-state index contributed by atoms with van der Waals surface area (Å²) in [5.74, 6) is 0.282. The molecule has 4 heterocycles. The number of anilines is 2. The SMILES string of the molecule is Cc1nc2cccc(F)c2nc1-c1cn2nc(N3CCCC3)cc(NC(=O)OC(C)(C)C)c2n1. The van der Waals surface area contributed by atoms with E-state index in [1.807, 2.05) is 0 Å². The number of carbonyl (C=O) groups excluding carboxylic acids is 1. The van der Waals surface area contributed by atoms with Crippen LogP contribution in [0.2, 0.25) is 0 Å². The minimum absolute atomic E-state index is 0.179. The topological polar surface area (TPSA) is 97.5 Å². The molecule has 0 bridgehead atoms. The average Bonchev–Trinajstić information content (AvgIpc) is 3.42. The first kappa shape index (κ1) is 22.0. The van der Waals surface area contributed by atoms with Crippen LogP contribution in [0.1, 0.15) is 39.3 Å². The monoisotopic (exact) mass is 463 g/mol. The normalized spacial score (nSPS) is 14.2. The lowest BCUT2D eigenvalue weighted by Gasteiger charge is -2.21. The molecule has 0 radical (unpaired) electrons. The van der Waals surface area contributed by atoms with E-state index >= 15 is 0 Å². The maximum Gasteiger partial charge on any atom is 0.412 e. The number of fused-ring (bicyclic) bond motifs is 2. The molecule has 1 N–H and O–H groups in total. The number of benzene rings is 1. The van der Waals surface area contributed by atoms with E-state index in [0.29, 0.717) is 33.9 Å². The summed E-state index contributed by atoms with van der Waals surface area (Å²) < 4.78 is 21.4. The van der Waals surface area contributed by atoms with Crippen LogP contribution in [0, 0.1) is 12.7 Å². The molecule has 0 aliphatic carbocycles. The molecule has 1 aliphatic heterocycles. The van der Waals surface area contributed by atoms with Crippen LogP contribution in [0.15, 0.2) is 30.5 Å². The first-order chi connectivity index (χ1) is 16.2. The van der Waals surface area contributed by atoms with Crippen LogP contribution >= 0.6 is 0 Å². The van der Waals surface area contributed by atoms with E-state index in [9.17, 15) is 9.18 Å². The van der Waals surface area contributed by atoms with Crippen molar-refractivity contribution >= 4 is 34.3 Å². The maximum atomic E-state index is 14.4. The Hall–Kier alpha value is -3.82. The van der Waals surface area contributed by atoms with Crippen LogP contribution in [0.4, 0.5) is 20.7 Å². The highest BCUT2D eigenvalue weighted by atomic mass is 19.1. The van der Waals surface area contributed by atoms with E-state index in [0.717, 1.165) is 31.7 Å². The van der Waals surface area contributed by atoms with Gasteiger partial charge in [-0.2, -0.15) is 0 Å². The van der Waals surface area contributed by atoms with E-state index in [1.165, 1.54) is 6.07 Å². The minimum Gasteiger partial charge on any atom is -0.444 e. The molecule has 0 saturated carbocycles. The second kappa shape index (κ2) is 8.19. The number of imidazole rings is 1. The molecule has 5 rings (SSSR count). The summed E-state index contributed by atoms with van der Waals surface area (Å²) in [5.41, 5.74) is 2.46. The molecule has 1 saturated heterocycles. The fraction of sp³-hybridized carbons (Fsp3) is 0.375. The zero-order valence-corrected chi connectivity index (χ0v) is 19.6. The molecular formula is C24H26FN7O2. The van der Waals surface area contributed by atoms with Crippen molar-refractivity contribution in [3.63, 3.8) is 0 Å². The largest absolute Gasteiger partial charge is 0.444 e. The summed E-state index contributed by atoms with van der Waals surface area (Å²) in [7, 11) is 0. The zero-order valence-electron chi connectivity index (χ0n) is 19.6. The van der Waals surface area contributed by atoms with Crippen LogP contribution in [0.3, 0.4) is 0 Å². The van der Waals surface area contributed by atoms with Gasteiger partial charge in [0.25, 0.3) is 0 Å². The number of para-hydroxylation sites is 1. The first-order valence-corrected chi connectivity index (χ1v) is 11.3. The Morgan fingerprint density at radius 1 is 1.15 bits per heavy atom. The Morgan fingerprint density at radius 2 is 1.91 bits per heavy atom. The molecule has 176 valence electrons. The number of carbonyl (C=O) groups is 1. The molecule has 4 aromatic rings. The number of aromatic nitrogens is 5. The lowest BCUT2D eigenvalue weighted by molar-refractivity contribution is 0.0636. The van der Waals surface area contributed by atoms with E-state index in [4.69, 9.17) is 9.84 Å². The summed E-state index contributed by atoms with van der Waals surface area (Å²) in [6.45, 7) is 9.00. The number of nitrogens with zero attached hydrogens (tertiary/aromatic N) is 6. The molecule has 3 aromatic heterocycles. The number of nitrogens with one attached hydrogen (secondary N) is 1. The van der Waals surface area contributed by atoms with Gasteiger partial charge in [0, 0.05) is 19.2 Å². The van der Waals surface area contributed by atoms with Crippen LogP contribution in [0.25, 0.3) is 28.1 Å². The van der Waals surface area contributed by atoms with Crippen molar-refractivity contribution in [3.8, 4) is 11.4 Å². The second-order valence-corrected chi connectivity index (χ2v) is 9.40. The number of rotatable bonds is 3. The number of aryl methyl sites for hydroxylation is 1. The molecule has 9 nitrogen and oxygen atoms in total. The van der Waals surface area contributed by atoms with Crippen molar-refractivity contribution < 1.29 is 13.9 Å². The van der Waals surface area contributed by atoms with Gasteiger partial charge in [-0.1, -0.05) is 6.07 Å². The van der Waals surface area contributed by atoms with Gasteiger partial charge >= 0.3 is 6.09 Å². The van der Waals surface area contributed by atoms with Gasteiger partial charge in [0.05, 0.1) is 23.1 Å². The van der Waals surface area contributed by atoms with Gasteiger partial charge in [-0.05, 0) is 52.7 Å². The Labute approximate surface area is 196 Å². The fourth-order valence-corrected chi connectivity index (χ4v) is 4.06. The predicted octanol–water partition coefficient (Wildman–Crippen LogP) is 4.73. The van der Waals surface area contributed by atoms with Crippen molar-refractivity contribution in [2.75, 3.05) is 23.3 Å². The van der Waals surface area contributed by atoms with Crippen molar-refractivity contribution in [2.24, 2.45) is 0 Å². The Kier molecular flexibility index (Phi) is 5.30. The van der Waals surface area contributed by atoms with Crippen LogP contribution < -0.4 is 10.2 Å². The molecule has 34 heavy (non-hydrogen) atoms. The van der Waals surface area contributed by atoms with Crippen LogP contribution in [0.5, 0.6) is 0 Å². The van der Waals surface area contributed by atoms with Crippen molar-refractivity contribution in [1.29, 1.82) is 0 Å². The lowest BCUT2D eigenvalue weighted by Crippen LogP contribution is -2.27. The number of halogens is 1. The number of hydrogen-bond donors (Lipinski definition) is 1. The maximum absolute atomic E-state index is 14.4. The highest BCUT2D eigenvalue weighted by Gasteiger charge is 2.22. The van der Waals surface area contributed by atoms with E-state index in [-0.39, 0.29) is 5.52 Å². The van der Waals surface area contributed by atoms with E-state index in [2.05, 4.69) is 25.2 Å². The summed E-state index contributed by atoms with van der Waals surface area (Å²) in [6.07, 6.45) is 3.31. The summed E-state index contributed by atoms with van der Waals surface area (Å²) in [6, 6.07) is 6.49. The molecule has 1 fully saturated rings. The second-order valence-electron chi connectivity index (χ2n) is 9.40. The Balaban J connectivity index is 1.62. The van der Waals surface area contributed by atoms with Gasteiger partial charge < -0.3 is 9.64 Å². The van der Waals surface area contributed by atoms with Crippen molar-refractivity contribution in [3.05, 3.63) is 42.0 Å². The number of hydrogen-bond acceptors (Lipinski definition) is 7. The summed E-state index contributed by atoms with van der Waals surface area (Å²) in [4.78, 5) is 28.4. The van der Waals surface area contributed by atoms with Crippen LogP contribution in [-0.4, -0.2) is 49.3 Å². The lowest BCUT2D eigenvalue weighted by atomic mass is 10.2. The van der Waals surface area contributed by atoms with Gasteiger partial charge in [0.15, 0.2) is 17.3 Å². The zero-order chi connectivity index (χ0) is 24.0. The summed E-state index contributed by atoms with van der Waals surface area (Å²) in [5, 5.41) is 7.54. The molecule has 10 heteroatoms. The number of ether oxygens (including phenoxy) is 1. The quantitative estimate of drug-likeness (QED) is 0.469. The number of amides is 1. The third-order valence-corrected chi connectivity index (χ3v) is 5.54. The predicted molar refractivity (Wildman–Crippen MR) is 128 cm³/mol. The fourth-order valence-electron chi connectivity index (χ4n) is 4.06. The van der Waals surface area contributed by atoms with E-state index < -0.39 is 17.5 Å². The van der Waals surface area contributed by atoms with Crippen LogP contribution in [-0.2, 0) is 4.74 Å². The van der Waals surface area contributed by atoms with Gasteiger partial charge in [-0.15, -0.1) is 5.10 Å². The molecule has 0 unspecified atom stereocenters. The van der Waals surface area contributed by atoms with Gasteiger partial charge in [0.2, 0.25) is 0 Å². The van der Waals surface area contributed by atoms with Crippen molar-refractivity contribution in [2.45, 2.75) is 46.1 Å². The molecule has 1 amide bonds. The third-order valence-electron chi connectivity index (χ3n) is 5.54. The first-order valence-electron chi connectivity index (χ1n) is 11.3. The molecule has 1 aliphatic rings. The third kappa shape index (κ3) is 4.23.